The normalized spacial score (nSPS) is 10.4. The van der Waals surface area contributed by atoms with Crippen LogP contribution in [-0.2, 0) is 0 Å². The molecule has 0 fully saturated rings. The van der Waals surface area contributed by atoms with Crippen molar-refractivity contribution in [3.05, 3.63) is 36.0 Å². The van der Waals surface area contributed by atoms with E-state index in [2.05, 4.69) is 67.1 Å². The van der Waals surface area contributed by atoms with Crippen LogP contribution in [0.5, 0.6) is 0 Å². The second kappa shape index (κ2) is 8.63. The molecule has 0 aliphatic rings. The largest absolute Gasteiger partial charge is 0.359 e. The van der Waals surface area contributed by atoms with E-state index in [0.717, 1.165) is 25.3 Å². The molecule has 0 atom stereocenters. The van der Waals surface area contributed by atoms with Crippen LogP contribution < -0.4 is 4.90 Å². The van der Waals surface area contributed by atoms with Crippen molar-refractivity contribution in [2.45, 2.75) is 27.2 Å². The molecule has 0 saturated heterocycles. The van der Waals surface area contributed by atoms with Gasteiger partial charge in [-0.3, -0.25) is 0 Å². The van der Waals surface area contributed by atoms with Gasteiger partial charge in [0.05, 0.1) is 0 Å². The number of anilines is 1. The predicted octanol–water partition coefficient (Wildman–Crippen LogP) is 3.96. The van der Waals surface area contributed by atoms with Crippen molar-refractivity contribution in [3.63, 3.8) is 0 Å². The lowest BCUT2D eigenvalue weighted by molar-refractivity contribution is 0.401. The molecule has 0 bridgehead atoms. The van der Waals surface area contributed by atoms with Crippen LogP contribution in [0.3, 0.4) is 0 Å². The number of pyridine rings is 1. The Kier molecular flexibility index (Phi) is 7.17. The van der Waals surface area contributed by atoms with Gasteiger partial charge in [-0.2, -0.15) is 0 Å². The number of hydrogen-bond acceptors (Lipinski definition) is 3. The first-order valence-corrected chi connectivity index (χ1v) is 7.80. The molecule has 3 heteroatoms. The summed E-state index contributed by atoms with van der Waals surface area (Å²) in [5.41, 5.74) is 1.31. The van der Waals surface area contributed by atoms with E-state index < -0.39 is 0 Å². The lowest BCUT2D eigenvalue weighted by Crippen LogP contribution is -2.24. The Hall–Kier alpha value is -1.61. The van der Waals surface area contributed by atoms with Crippen LogP contribution in [0.2, 0.25) is 0 Å². The smallest absolute Gasteiger partial charge is 0.136 e. The van der Waals surface area contributed by atoms with Crippen LogP contribution in [0.25, 0.3) is 10.8 Å². The monoisotopic (exact) mass is 287 g/mol. The lowest BCUT2D eigenvalue weighted by Gasteiger charge is -2.21. The average Bonchev–Trinajstić information content (AvgIpc) is 2.49. The quantitative estimate of drug-likeness (QED) is 0.830. The van der Waals surface area contributed by atoms with E-state index in [4.69, 9.17) is 0 Å². The fourth-order valence-corrected chi connectivity index (χ4v) is 2.38. The molecule has 0 N–H and O–H groups in total. The molecule has 3 nitrogen and oxygen atoms in total. The fraction of sp³-hybridized carbons (Fsp3) is 0.500. The van der Waals surface area contributed by atoms with E-state index in [1.165, 1.54) is 16.3 Å². The summed E-state index contributed by atoms with van der Waals surface area (Å²) < 4.78 is 0. The standard InChI is InChI=1S/C16H23N3.C2H6/c1-13-7-5-8-15-14(13)9-10-17-16(15)19(4)12-6-11-18(2)3;1-2/h5,7-10H,6,11-12H2,1-4H3;1-2H3. The molecule has 1 aromatic heterocycles. The Morgan fingerprint density at radius 1 is 0.952 bits per heavy atom. The zero-order chi connectivity index (χ0) is 15.8. The van der Waals surface area contributed by atoms with E-state index in [9.17, 15) is 0 Å². The number of benzene rings is 1. The second-order valence-corrected chi connectivity index (χ2v) is 5.38. The maximum absolute atomic E-state index is 4.56. The van der Waals surface area contributed by atoms with Crippen molar-refractivity contribution in [3.8, 4) is 0 Å². The van der Waals surface area contributed by atoms with Gasteiger partial charge in [-0.1, -0.05) is 32.0 Å². The summed E-state index contributed by atoms with van der Waals surface area (Å²) >= 11 is 0. The van der Waals surface area contributed by atoms with Crippen LogP contribution in [0.1, 0.15) is 25.8 Å². The van der Waals surface area contributed by atoms with Crippen molar-refractivity contribution in [2.75, 3.05) is 39.1 Å². The van der Waals surface area contributed by atoms with Crippen LogP contribution in [0.15, 0.2) is 30.5 Å². The summed E-state index contributed by atoms with van der Waals surface area (Å²) in [6.07, 6.45) is 3.06. The third kappa shape index (κ3) is 4.71. The molecule has 1 aromatic carbocycles. The molecule has 0 saturated carbocycles. The SMILES string of the molecule is CC.Cc1cccc2c(N(C)CCCN(C)C)nccc12. The molecule has 0 spiro atoms. The van der Waals surface area contributed by atoms with E-state index in [-0.39, 0.29) is 0 Å². The number of aromatic nitrogens is 1. The highest BCUT2D eigenvalue weighted by Crippen LogP contribution is 2.25. The van der Waals surface area contributed by atoms with E-state index in [1.807, 2.05) is 20.0 Å². The Morgan fingerprint density at radius 3 is 2.33 bits per heavy atom. The molecule has 0 radical (unpaired) electrons. The minimum Gasteiger partial charge on any atom is -0.359 e. The van der Waals surface area contributed by atoms with Crippen molar-refractivity contribution >= 4 is 16.6 Å². The Balaban J connectivity index is 0.00000106. The van der Waals surface area contributed by atoms with Crippen molar-refractivity contribution in [1.29, 1.82) is 0 Å². The van der Waals surface area contributed by atoms with Gasteiger partial charge in [0, 0.05) is 25.2 Å². The second-order valence-electron chi connectivity index (χ2n) is 5.38. The fourth-order valence-electron chi connectivity index (χ4n) is 2.38. The highest BCUT2D eigenvalue weighted by molar-refractivity contribution is 5.94. The molecule has 2 aromatic rings. The first-order valence-electron chi connectivity index (χ1n) is 7.80. The molecule has 0 aliphatic heterocycles. The van der Waals surface area contributed by atoms with Gasteiger partial charge in [-0.15, -0.1) is 0 Å². The van der Waals surface area contributed by atoms with Crippen LogP contribution in [-0.4, -0.2) is 44.1 Å². The Morgan fingerprint density at radius 2 is 1.67 bits per heavy atom. The van der Waals surface area contributed by atoms with Crippen LogP contribution >= 0.6 is 0 Å². The van der Waals surface area contributed by atoms with E-state index in [0.29, 0.717) is 0 Å². The summed E-state index contributed by atoms with van der Waals surface area (Å²) in [4.78, 5) is 9.03. The Bertz CT molecular complexity index is 549. The topological polar surface area (TPSA) is 19.4 Å². The lowest BCUT2D eigenvalue weighted by atomic mass is 10.1. The molecule has 0 unspecified atom stereocenters. The molecule has 1 heterocycles. The summed E-state index contributed by atoms with van der Waals surface area (Å²) in [5, 5.41) is 2.54. The first kappa shape index (κ1) is 17.4. The van der Waals surface area contributed by atoms with Gasteiger partial charge < -0.3 is 9.80 Å². The number of aryl methyl sites for hydroxylation is 1. The van der Waals surface area contributed by atoms with Gasteiger partial charge in [0.15, 0.2) is 0 Å². The van der Waals surface area contributed by atoms with Crippen molar-refractivity contribution < 1.29 is 0 Å². The van der Waals surface area contributed by atoms with E-state index >= 15 is 0 Å². The van der Waals surface area contributed by atoms with E-state index in [1.54, 1.807) is 0 Å². The number of hydrogen-bond donors (Lipinski definition) is 0. The summed E-state index contributed by atoms with van der Waals surface area (Å²) in [7, 11) is 6.35. The van der Waals surface area contributed by atoms with Crippen LogP contribution in [0.4, 0.5) is 5.82 Å². The van der Waals surface area contributed by atoms with Crippen molar-refractivity contribution in [2.24, 2.45) is 0 Å². The molecular weight excluding hydrogens is 258 g/mol. The summed E-state index contributed by atoms with van der Waals surface area (Å²) in [6, 6.07) is 8.52. The minimum absolute atomic E-state index is 1.03. The molecule has 116 valence electrons. The highest BCUT2D eigenvalue weighted by Gasteiger charge is 2.08. The van der Waals surface area contributed by atoms with Gasteiger partial charge in [0.1, 0.15) is 5.82 Å². The average molecular weight is 287 g/mol. The van der Waals surface area contributed by atoms with Gasteiger partial charge in [0.25, 0.3) is 0 Å². The predicted molar refractivity (Wildman–Crippen MR) is 94.3 cm³/mol. The Labute approximate surface area is 129 Å². The maximum atomic E-state index is 4.56. The molecule has 2 rings (SSSR count). The zero-order valence-electron chi connectivity index (χ0n) is 14.3. The number of rotatable bonds is 5. The molecule has 0 amide bonds. The summed E-state index contributed by atoms with van der Waals surface area (Å²) in [5.74, 6) is 1.08. The van der Waals surface area contributed by atoms with Crippen molar-refractivity contribution in [1.82, 2.24) is 9.88 Å². The maximum Gasteiger partial charge on any atom is 0.136 e. The molecule has 21 heavy (non-hydrogen) atoms. The third-order valence-corrected chi connectivity index (χ3v) is 3.46. The minimum atomic E-state index is 1.03. The van der Waals surface area contributed by atoms with Gasteiger partial charge in [0.2, 0.25) is 0 Å². The first-order chi connectivity index (χ1) is 10.1. The number of fused-ring (bicyclic) bond motifs is 1. The van der Waals surface area contributed by atoms with Gasteiger partial charge in [-0.25, -0.2) is 4.98 Å². The molecular formula is C18H29N3. The summed E-state index contributed by atoms with van der Waals surface area (Å²) in [6.45, 7) is 8.28. The zero-order valence-corrected chi connectivity index (χ0v) is 14.3. The highest BCUT2D eigenvalue weighted by atomic mass is 15.2. The number of nitrogens with zero attached hydrogens (tertiary/aromatic N) is 3. The third-order valence-electron chi connectivity index (χ3n) is 3.46. The van der Waals surface area contributed by atoms with Crippen LogP contribution in [0, 0.1) is 6.92 Å². The van der Waals surface area contributed by atoms with Gasteiger partial charge >= 0.3 is 0 Å². The molecule has 0 aliphatic carbocycles. The van der Waals surface area contributed by atoms with Gasteiger partial charge in [-0.05, 0) is 51.0 Å².